The van der Waals surface area contributed by atoms with E-state index in [4.69, 9.17) is 0 Å². The van der Waals surface area contributed by atoms with Crippen molar-refractivity contribution in [3.8, 4) is 0 Å². The topological polar surface area (TPSA) is 52.7 Å². The van der Waals surface area contributed by atoms with Gasteiger partial charge in [-0.1, -0.05) is 0 Å². The Balaban J connectivity index is 0.00000192. The molecule has 2 atom stereocenters. The molecule has 2 fully saturated rings. The predicted octanol–water partition coefficient (Wildman–Crippen LogP) is 1.78. The van der Waals surface area contributed by atoms with Gasteiger partial charge in [0.15, 0.2) is 0 Å². The second-order valence-corrected chi connectivity index (χ2v) is 6.45. The monoisotopic (exact) mass is 337 g/mol. The summed E-state index contributed by atoms with van der Waals surface area (Å²) in [6.45, 7) is 1.60. The molecule has 126 valence electrons. The molecule has 6 heteroatoms. The first-order valence-electron chi connectivity index (χ1n) is 7.91. The number of likely N-dealkylation sites (tertiary alicyclic amines) is 1. The van der Waals surface area contributed by atoms with Crippen molar-refractivity contribution in [1.82, 2.24) is 15.1 Å². The van der Waals surface area contributed by atoms with E-state index < -0.39 is 0 Å². The van der Waals surface area contributed by atoms with E-state index in [0.29, 0.717) is 23.2 Å². The lowest BCUT2D eigenvalue weighted by atomic mass is 10.1. The van der Waals surface area contributed by atoms with Crippen molar-refractivity contribution in [2.75, 3.05) is 27.2 Å². The van der Waals surface area contributed by atoms with Crippen molar-refractivity contribution in [1.29, 1.82) is 0 Å². The van der Waals surface area contributed by atoms with Gasteiger partial charge in [-0.3, -0.25) is 9.59 Å². The molecule has 5 nitrogen and oxygen atoms in total. The third kappa shape index (κ3) is 3.85. The first-order valence-corrected chi connectivity index (χ1v) is 7.91. The van der Waals surface area contributed by atoms with Crippen molar-refractivity contribution in [2.24, 2.45) is 0 Å². The van der Waals surface area contributed by atoms with Gasteiger partial charge in [-0.05, 0) is 43.5 Å². The molecule has 23 heavy (non-hydrogen) atoms. The number of hydrogen-bond donors (Lipinski definition) is 1. The minimum atomic E-state index is -0.0460. The average molecular weight is 338 g/mol. The number of rotatable bonds is 2. The van der Waals surface area contributed by atoms with E-state index >= 15 is 0 Å². The molecule has 2 bridgehead atoms. The van der Waals surface area contributed by atoms with Crippen LogP contribution >= 0.6 is 12.4 Å². The summed E-state index contributed by atoms with van der Waals surface area (Å²) in [4.78, 5) is 28.0. The maximum Gasteiger partial charge on any atom is 0.253 e. The van der Waals surface area contributed by atoms with Crippen LogP contribution in [0.5, 0.6) is 0 Å². The van der Waals surface area contributed by atoms with Gasteiger partial charge in [0.05, 0.1) is 0 Å². The van der Waals surface area contributed by atoms with Gasteiger partial charge in [0.1, 0.15) is 0 Å². The number of hydrogen-bond acceptors (Lipinski definition) is 3. The fourth-order valence-corrected chi connectivity index (χ4v) is 3.32. The molecule has 3 rings (SSSR count). The zero-order valence-electron chi connectivity index (χ0n) is 13.6. The molecule has 2 heterocycles. The Hall–Kier alpha value is -1.59. The van der Waals surface area contributed by atoms with Gasteiger partial charge in [0.25, 0.3) is 11.8 Å². The van der Waals surface area contributed by atoms with Gasteiger partial charge in [0, 0.05) is 50.4 Å². The third-order valence-corrected chi connectivity index (χ3v) is 4.60. The van der Waals surface area contributed by atoms with Gasteiger partial charge in [-0.2, -0.15) is 0 Å². The second kappa shape index (κ2) is 7.32. The van der Waals surface area contributed by atoms with Crippen LogP contribution in [0.25, 0.3) is 0 Å². The molecule has 0 radical (unpaired) electrons. The minimum Gasteiger partial charge on any atom is -0.345 e. The Bertz CT molecular complexity index is 574. The molecule has 2 aliphatic rings. The lowest BCUT2D eigenvalue weighted by Crippen LogP contribution is -2.39. The van der Waals surface area contributed by atoms with Crippen LogP contribution in [0.4, 0.5) is 0 Å². The standard InChI is InChI=1S/C17H23N3O2.ClH/c1-19(2)16(21)12-3-5-13(6-4-12)17(22)20-10-9-14-7-8-15(11-20)18-14;/h3-6,14-15,18H,7-11H2,1-2H3;1H. The molecule has 2 aliphatic heterocycles. The summed E-state index contributed by atoms with van der Waals surface area (Å²) < 4.78 is 0. The average Bonchev–Trinajstić information content (AvgIpc) is 2.85. The van der Waals surface area contributed by atoms with Crippen LogP contribution in [-0.2, 0) is 0 Å². The number of carbonyl (C=O) groups is 2. The van der Waals surface area contributed by atoms with Gasteiger partial charge < -0.3 is 15.1 Å². The van der Waals surface area contributed by atoms with E-state index in [-0.39, 0.29) is 24.2 Å². The number of fused-ring (bicyclic) bond motifs is 2. The number of nitrogens with zero attached hydrogens (tertiary/aromatic N) is 2. The van der Waals surface area contributed by atoms with Crippen LogP contribution in [-0.4, -0.2) is 60.9 Å². The lowest BCUT2D eigenvalue weighted by molar-refractivity contribution is 0.0746. The number of benzene rings is 1. The molecule has 0 aliphatic carbocycles. The van der Waals surface area contributed by atoms with E-state index in [9.17, 15) is 9.59 Å². The SMILES string of the molecule is CN(C)C(=O)c1ccc(C(=O)N2CCC3CCC(C2)N3)cc1.Cl. The smallest absolute Gasteiger partial charge is 0.253 e. The van der Waals surface area contributed by atoms with Crippen LogP contribution in [0.15, 0.2) is 24.3 Å². The Kier molecular flexibility index (Phi) is 5.65. The molecule has 2 unspecified atom stereocenters. The molecular formula is C17H24ClN3O2. The second-order valence-electron chi connectivity index (χ2n) is 6.45. The van der Waals surface area contributed by atoms with Crippen molar-refractivity contribution >= 4 is 24.2 Å². The molecule has 2 amide bonds. The van der Waals surface area contributed by atoms with E-state index in [1.807, 2.05) is 4.90 Å². The Morgan fingerprint density at radius 2 is 1.65 bits per heavy atom. The van der Waals surface area contributed by atoms with E-state index in [1.165, 1.54) is 11.3 Å². The van der Waals surface area contributed by atoms with Crippen molar-refractivity contribution in [2.45, 2.75) is 31.3 Å². The van der Waals surface area contributed by atoms with Crippen LogP contribution in [0, 0.1) is 0 Å². The highest BCUT2D eigenvalue weighted by molar-refractivity contribution is 5.97. The number of amides is 2. The zero-order valence-corrected chi connectivity index (χ0v) is 14.4. The van der Waals surface area contributed by atoms with Crippen LogP contribution in [0.3, 0.4) is 0 Å². The van der Waals surface area contributed by atoms with Crippen LogP contribution in [0.1, 0.15) is 40.0 Å². The maximum atomic E-state index is 12.6. The van der Waals surface area contributed by atoms with Gasteiger partial charge in [-0.15, -0.1) is 12.4 Å². The number of halogens is 1. The quantitative estimate of drug-likeness (QED) is 0.895. The highest BCUT2D eigenvalue weighted by Crippen LogP contribution is 2.21. The van der Waals surface area contributed by atoms with Crippen LogP contribution in [0.2, 0.25) is 0 Å². The summed E-state index contributed by atoms with van der Waals surface area (Å²) in [5.74, 6) is 0.0217. The molecule has 1 N–H and O–H groups in total. The predicted molar refractivity (Wildman–Crippen MR) is 92.2 cm³/mol. The first kappa shape index (κ1) is 17.8. The highest BCUT2D eigenvalue weighted by atomic mass is 35.5. The normalized spacial score (nSPS) is 23.0. The van der Waals surface area contributed by atoms with E-state index in [1.54, 1.807) is 38.4 Å². The Morgan fingerprint density at radius 3 is 2.30 bits per heavy atom. The zero-order chi connectivity index (χ0) is 15.7. The molecule has 1 aromatic rings. The minimum absolute atomic E-state index is 0. The number of nitrogens with one attached hydrogen (secondary N) is 1. The van der Waals surface area contributed by atoms with Gasteiger partial charge in [-0.25, -0.2) is 0 Å². The first-order chi connectivity index (χ1) is 10.5. The summed E-state index contributed by atoms with van der Waals surface area (Å²) in [5.41, 5.74) is 1.27. The molecule has 1 aromatic carbocycles. The maximum absolute atomic E-state index is 12.6. The van der Waals surface area contributed by atoms with Gasteiger partial charge >= 0.3 is 0 Å². The fourth-order valence-electron chi connectivity index (χ4n) is 3.32. The number of carbonyl (C=O) groups excluding carboxylic acids is 2. The lowest BCUT2D eigenvalue weighted by Gasteiger charge is -2.24. The largest absolute Gasteiger partial charge is 0.345 e. The Morgan fingerprint density at radius 1 is 1.04 bits per heavy atom. The summed E-state index contributed by atoms with van der Waals surface area (Å²) in [6.07, 6.45) is 3.41. The van der Waals surface area contributed by atoms with Crippen molar-refractivity contribution < 1.29 is 9.59 Å². The summed E-state index contributed by atoms with van der Waals surface area (Å²) in [5, 5.41) is 3.58. The summed E-state index contributed by atoms with van der Waals surface area (Å²) in [6, 6.07) is 8.00. The third-order valence-electron chi connectivity index (χ3n) is 4.60. The van der Waals surface area contributed by atoms with Crippen molar-refractivity contribution in [3.05, 3.63) is 35.4 Å². The van der Waals surface area contributed by atoms with Crippen LogP contribution < -0.4 is 5.32 Å². The highest BCUT2D eigenvalue weighted by Gasteiger charge is 2.31. The Labute approximate surface area is 143 Å². The molecule has 2 saturated heterocycles. The van der Waals surface area contributed by atoms with E-state index in [0.717, 1.165) is 25.9 Å². The summed E-state index contributed by atoms with van der Waals surface area (Å²) >= 11 is 0. The van der Waals surface area contributed by atoms with Gasteiger partial charge in [0.2, 0.25) is 0 Å². The van der Waals surface area contributed by atoms with Crippen molar-refractivity contribution in [3.63, 3.8) is 0 Å². The van der Waals surface area contributed by atoms with E-state index in [2.05, 4.69) is 5.32 Å². The summed E-state index contributed by atoms with van der Waals surface area (Å²) in [7, 11) is 3.45. The molecule has 0 saturated carbocycles. The molecule has 0 aromatic heterocycles. The fraction of sp³-hybridized carbons (Fsp3) is 0.529. The molecular weight excluding hydrogens is 314 g/mol. The molecule has 0 spiro atoms.